The molecule has 0 aliphatic rings. The number of carbonyl (C=O) groups is 1. The normalized spacial score (nSPS) is 9.58. The Hall–Kier alpha value is -4.37. The summed E-state index contributed by atoms with van der Waals surface area (Å²) in [4.78, 5) is 43.8. The number of aromatic nitrogens is 8. The Kier molecular flexibility index (Phi) is 22.8. The van der Waals surface area contributed by atoms with Gasteiger partial charge < -0.3 is 16.1 Å². The van der Waals surface area contributed by atoms with Crippen LogP contribution in [0.4, 0.5) is 0 Å². The minimum Gasteiger partial charge on any atom is -0.411 e. The smallest absolute Gasteiger partial charge is 0.170 e. The van der Waals surface area contributed by atoms with Crippen LogP contribution >= 0.6 is 11.8 Å². The molecule has 5 N–H and O–H groups in total. The molecule has 0 saturated carbocycles. The van der Waals surface area contributed by atoms with Gasteiger partial charge in [0, 0.05) is 67.9 Å². The first kappa shape index (κ1) is 38.6. The van der Waals surface area contributed by atoms with Crippen molar-refractivity contribution in [3.63, 3.8) is 0 Å². The van der Waals surface area contributed by atoms with Crippen LogP contribution in [-0.4, -0.2) is 62.8 Å². The number of oxime groups is 1. The zero-order valence-electron chi connectivity index (χ0n) is 25.1. The van der Waals surface area contributed by atoms with E-state index in [0.29, 0.717) is 17.9 Å². The van der Waals surface area contributed by atoms with Gasteiger partial charge in [-0.1, -0.05) is 32.9 Å². The molecular formula is C28H40ClN11O3. The van der Waals surface area contributed by atoms with Crippen molar-refractivity contribution < 1.29 is 15.2 Å². The largest absolute Gasteiger partial charge is 0.411 e. The number of hydrogen-bond acceptors (Lipinski definition) is 14. The van der Waals surface area contributed by atoms with Crippen LogP contribution in [0.25, 0.3) is 0 Å². The van der Waals surface area contributed by atoms with E-state index < -0.39 is 0 Å². The van der Waals surface area contributed by atoms with E-state index in [9.17, 15) is 4.79 Å². The maximum atomic E-state index is 10.3. The molecule has 4 aromatic heterocycles. The first-order chi connectivity index (χ1) is 20.9. The van der Waals surface area contributed by atoms with E-state index >= 15 is 0 Å². The number of aldehydes is 1. The van der Waals surface area contributed by atoms with E-state index in [0.717, 1.165) is 66.1 Å². The Bertz CT molecular complexity index is 1310. The second kappa shape index (κ2) is 25.3. The van der Waals surface area contributed by atoms with Crippen LogP contribution in [0.15, 0.2) is 54.7 Å². The Labute approximate surface area is 257 Å². The van der Waals surface area contributed by atoms with Crippen LogP contribution in [0.5, 0.6) is 0 Å². The first-order valence-electron chi connectivity index (χ1n) is 13.4. The Morgan fingerprint density at radius 2 is 1.07 bits per heavy atom. The molecule has 0 atom stereocenters. The van der Waals surface area contributed by atoms with Gasteiger partial charge in [0.1, 0.15) is 11.4 Å². The van der Waals surface area contributed by atoms with E-state index in [1.807, 2.05) is 27.7 Å². The standard InChI is InChI=1S/C7H9N3O.C7H11N3.C7H8N2O.C7H10N2.ClH2NO/c1-2-6-7(5-10-11)9-4-3-8-6;1-2-6-7(5-8)10-4-3-9-6;1-2-6-7(5-10)9-4-3-8-6;1-3-7-6(2)8-4-5-9-7;1-2-3/h3-5,11H,2H2,1H3;3-4H,2,5,8H2,1H3;3-5H,2H2,1H3;4-5H,3H2,1-2H3;2-3H/b10-5+;;;;. The molecule has 0 aliphatic carbocycles. The van der Waals surface area contributed by atoms with Crippen molar-refractivity contribution in [2.24, 2.45) is 10.9 Å². The monoisotopic (exact) mass is 613 g/mol. The molecule has 0 aliphatic heterocycles. The lowest BCUT2D eigenvalue weighted by atomic mass is 10.2. The highest BCUT2D eigenvalue weighted by atomic mass is 35.5. The predicted molar refractivity (Wildman–Crippen MR) is 164 cm³/mol. The Morgan fingerprint density at radius 3 is 1.42 bits per heavy atom. The number of rotatable bonds is 7. The molecule has 0 radical (unpaired) electrons. The fraction of sp³-hybridized carbons (Fsp3) is 0.357. The van der Waals surface area contributed by atoms with Gasteiger partial charge in [-0.2, -0.15) is 0 Å². The summed E-state index contributed by atoms with van der Waals surface area (Å²) in [5, 5.41) is 18.2. The SMILES string of the molecule is CCc1nccnc1/C=N/O.CCc1nccnc1C.CCc1nccnc1C=O.CCc1nccnc1CN.ONCl. The molecule has 0 unspecified atom stereocenters. The summed E-state index contributed by atoms with van der Waals surface area (Å²) < 4.78 is 0. The molecule has 0 aromatic carbocycles. The first-order valence-corrected chi connectivity index (χ1v) is 13.8. The fourth-order valence-electron chi connectivity index (χ4n) is 3.21. The summed E-state index contributed by atoms with van der Waals surface area (Å²) in [6.07, 6.45) is 18.5. The molecule has 43 heavy (non-hydrogen) atoms. The van der Waals surface area contributed by atoms with Crippen molar-refractivity contribution in [1.82, 2.24) is 44.9 Å². The third-order valence-corrected chi connectivity index (χ3v) is 5.28. The van der Waals surface area contributed by atoms with Gasteiger partial charge in [-0.3, -0.25) is 39.7 Å². The third-order valence-electron chi connectivity index (χ3n) is 5.28. The lowest BCUT2D eigenvalue weighted by molar-refractivity contribution is 0.111. The van der Waals surface area contributed by atoms with Crippen molar-refractivity contribution in [2.75, 3.05) is 0 Å². The van der Waals surface area contributed by atoms with Crippen LogP contribution in [0.1, 0.15) is 78.0 Å². The Balaban J connectivity index is 0.000000531. The lowest BCUT2D eigenvalue weighted by Gasteiger charge is -1.99. The van der Waals surface area contributed by atoms with E-state index in [-0.39, 0.29) is 0 Å². The van der Waals surface area contributed by atoms with Crippen molar-refractivity contribution in [3.05, 3.63) is 95.1 Å². The summed E-state index contributed by atoms with van der Waals surface area (Å²) in [7, 11) is 0. The number of carbonyl (C=O) groups excluding carboxylic acids is 1. The van der Waals surface area contributed by atoms with Crippen molar-refractivity contribution in [3.8, 4) is 0 Å². The Morgan fingerprint density at radius 1 is 0.698 bits per heavy atom. The van der Waals surface area contributed by atoms with Gasteiger partial charge in [0.05, 0.1) is 40.4 Å². The number of halogens is 1. The molecule has 4 heterocycles. The predicted octanol–water partition coefficient (Wildman–Crippen LogP) is 3.66. The van der Waals surface area contributed by atoms with E-state index in [2.05, 4.69) is 63.7 Å². The maximum absolute atomic E-state index is 10.3. The molecule has 4 rings (SSSR count). The number of aryl methyl sites for hydroxylation is 5. The summed E-state index contributed by atoms with van der Waals surface area (Å²) in [6, 6.07) is 0. The quantitative estimate of drug-likeness (QED) is 0.0771. The highest BCUT2D eigenvalue weighted by molar-refractivity contribution is 6.12. The van der Waals surface area contributed by atoms with Gasteiger partial charge in [0.2, 0.25) is 0 Å². The van der Waals surface area contributed by atoms with Crippen molar-refractivity contribution in [2.45, 2.75) is 66.8 Å². The van der Waals surface area contributed by atoms with Crippen LogP contribution in [0.3, 0.4) is 0 Å². The van der Waals surface area contributed by atoms with Gasteiger partial charge >= 0.3 is 0 Å². The lowest BCUT2D eigenvalue weighted by Crippen LogP contribution is -2.05. The van der Waals surface area contributed by atoms with E-state index in [1.165, 1.54) is 17.4 Å². The molecule has 232 valence electrons. The summed E-state index contributed by atoms with van der Waals surface area (Å²) in [5.41, 5.74) is 12.1. The molecule has 0 bridgehead atoms. The molecule has 0 fully saturated rings. The van der Waals surface area contributed by atoms with Crippen LogP contribution in [-0.2, 0) is 32.2 Å². The van der Waals surface area contributed by atoms with Crippen molar-refractivity contribution in [1.29, 1.82) is 0 Å². The molecule has 0 amide bonds. The molecule has 0 spiro atoms. The highest BCUT2D eigenvalue weighted by Gasteiger charge is 2.00. The molecular weight excluding hydrogens is 574 g/mol. The number of nitrogens with two attached hydrogens (primary N) is 1. The number of hydrogen-bond donors (Lipinski definition) is 4. The van der Waals surface area contributed by atoms with E-state index in [4.69, 9.17) is 16.1 Å². The molecule has 14 nitrogen and oxygen atoms in total. The van der Waals surface area contributed by atoms with Crippen molar-refractivity contribution >= 4 is 24.3 Å². The van der Waals surface area contributed by atoms with Gasteiger partial charge in [0.15, 0.2) is 6.29 Å². The zero-order valence-corrected chi connectivity index (χ0v) is 25.8. The van der Waals surface area contributed by atoms with Crippen LogP contribution in [0, 0.1) is 6.92 Å². The summed E-state index contributed by atoms with van der Waals surface area (Å²) in [5.74, 6) is 0. The van der Waals surface area contributed by atoms with Gasteiger partial charge in [-0.15, -0.1) is 5.00 Å². The fourth-order valence-corrected chi connectivity index (χ4v) is 3.21. The van der Waals surface area contributed by atoms with Gasteiger partial charge in [0.25, 0.3) is 0 Å². The second-order valence-corrected chi connectivity index (χ2v) is 8.05. The molecule has 4 aromatic rings. The topological polar surface area (TPSA) is 211 Å². The molecule has 15 heteroatoms. The number of nitrogens with zero attached hydrogens (tertiary/aromatic N) is 9. The average molecular weight is 614 g/mol. The summed E-state index contributed by atoms with van der Waals surface area (Å²) >= 11 is 4.30. The van der Waals surface area contributed by atoms with Gasteiger partial charge in [-0.25, -0.2) is 4.98 Å². The number of nitrogens with one attached hydrogen (secondary N) is 1. The molecule has 0 saturated heterocycles. The third kappa shape index (κ3) is 16.0. The minimum atomic E-state index is 0.449. The van der Waals surface area contributed by atoms with Gasteiger partial charge in [-0.05, 0) is 32.6 Å². The summed E-state index contributed by atoms with van der Waals surface area (Å²) in [6.45, 7) is 10.5. The zero-order chi connectivity index (χ0) is 32.3. The van der Waals surface area contributed by atoms with E-state index in [1.54, 1.807) is 43.4 Å². The average Bonchev–Trinajstić information content (AvgIpc) is 3.06. The maximum Gasteiger partial charge on any atom is 0.170 e. The van der Waals surface area contributed by atoms with Crippen LogP contribution < -0.4 is 10.7 Å². The second-order valence-electron chi connectivity index (χ2n) is 7.88. The minimum absolute atomic E-state index is 0.449. The van der Waals surface area contributed by atoms with Crippen LogP contribution in [0.2, 0.25) is 0 Å². The highest BCUT2D eigenvalue weighted by Crippen LogP contribution is 2.01.